The van der Waals surface area contributed by atoms with Crippen LogP contribution in [0.5, 0.6) is 0 Å². The molecule has 0 spiro atoms. The van der Waals surface area contributed by atoms with Crippen LogP contribution >= 0.6 is 0 Å². The topological polar surface area (TPSA) is 113 Å². The molecule has 2 aliphatic rings. The molecule has 15 heteroatoms. The summed E-state index contributed by atoms with van der Waals surface area (Å²) in [4.78, 5) is 24.7. The van der Waals surface area contributed by atoms with Crippen molar-refractivity contribution in [3.8, 4) is 0 Å². The fraction of sp³-hybridized carbons (Fsp3) is 0.391. The third kappa shape index (κ3) is 5.25. The number of carbonyl (C=O) groups excluding carboxylic acids is 1. The third-order valence-corrected chi connectivity index (χ3v) is 8.17. The minimum Gasteiger partial charge on any atom is -0.480 e. The van der Waals surface area contributed by atoms with Gasteiger partial charge in [-0.15, -0.1) is 0 Å². The zero-order valence-electron chi connectivity index (χ0n) is 20.0. The zero-order valence-corrected chi connectivity index (χ0v) is 20.9. The molecule has 0 bridgehead atoms. The number of ether oxygens (including phenoxy) is 1. The van der Waals surface area contributed by atoms with Crippen LogP contribution in [0.25, 0.3) is 0 Å². The van der Waals surface area contributed by atoms with Crippen LogP contribution < -0.4 is 5.32 Å². The Balaban J connectivity index is 1.51. The number of carbonyl (C=O) groups is 1. The van der Waals surface area contributed by atoms with Crippen molar-refractivity contribution in [1.29, 1.82) is 0 Å². The molecule has 2 aliphatic heterocycles. The highest BCUT2D eigenvalue weighted by molar-refractivity contribution is 7.89. The highest BCUT2D eigenvalue weighted by Gasteiger charge is 2.53. The molecule has 1 aromatic carbocycles. The van der Waals surface area contributed by atoms with Crippen LogP contribution in [-0.4, -0.2) is 67.1 Å². The fourth-order valence-corrected chi connectivity index (χ4v) is 6.00. The molecule has 1 aromatic heterocycles. The van der Waals surface area contributed by atoms with E-state index in [1.54, 1.807) is 0 Å². The van der Waals surface area contributed by atoms with Gasteiger partial charge in [0.25, 0.3) is 0 Å². The van der Waals surface area contributed by atoms with Gasteiger partial charge in [-0.3, -0.25) is 14.8 Å². The van der Waals surface area contributed by atoms with Gasteiger partial charge >= 0.3 is 6.18 Å². The van der Waals surface area contributed by atoms with Crippen molar-refractivity contribution in [1.82, 2.24) is 14.6 Å². The second kappa shape index (κ2) is 10.0. The van der Waals surface area contributed by atoms with E-state index in [4.69, 9.17) is 4.74 Å². The number of halogens is 5. The van der Waals surface area contributed by atoms with Gasteiger partial charge in [0.05, 0.1) is 18.6 Å². The van der Waals surface area contributed by atoms with Gasteiger partial charge in [0.15, 0.2) is 6.17 Å². The number of nitrogens with zero attached hydrogens (tertiary/aromatic N) is 4. The number of pyridine rings is 1. The first-order chi connectivity index (χ1) is 17.8. The van der Waals surface area contributed by atoms with Crippen LogP contribution in [0.1, 0.15) is 30.8 Å². The Morgan fingerprint density at radius 3 is 2.45 bits per heavy atom. The van der Waals surface area contributed by atoms with Crippen molar-refractivity contribution in [3.05, 3.63) is 59.7 Å². The van der Waals surface area contributed by atoms with E-state index < -0.39 is 64.5 Å². The summed E-state index contributed by atoms with van der Waals surface area (Å²) in [6.45, 7) is 0.423. The average molecular weight is 560 g/mol. The highest BCUT2D eigenvalue weighted by Crippen LogP contribution is 2.36. The second-order valence-electron chi connectivity index (χ2n) is 8.81. The quantitative estimate of drug-likeness (QED) is 0.547. The standard InChI is InChI=1S/C23H22F5N5O4S/c1-22(9-15(25)12-33(22)38(35,36)16-6-4-14(24)5-7-16)21(34)30-11-17-20(37-2)32-19(31-17)13-3-8-18(29-10-13)23(26,27)28/h3-8,10,15,19H,9,11-12H2,1-2H3,(H,30,34)/t15-,19?,22-/m1/s1. The van der Waals surface area contributed by atoms with Crippen LogP contribution in [0.3, 0.4) is 0 Å². The SMILES string of the molecule is COC1=NC(c2ccc(C(F)(F)F)nc2)N=C1CNC(=O)[C@@]1(C)C[C@@H](F)CN1S(=O)(=O)c1ccc(F)cc1. The van der Waals surface area contributed by atoms with Crippen LogP contribution in [0, 0.1) is 5.82 Å². The normalized spacial score (nSPS) is 24.2. The van der Waals surface area contributed by atoms with Crippen LogP contribution in [0.15, 0.2) is 57.5 Å². The van der Waals surface area contributed by atoms with E-state index in [9.17, 15) is 35.2 Å². The summed E-state index contributed by atoms with van der Waals surface area (Å²) in [5, 5.41) is 2.53. The first-order valence-corrected chi connectivity index (χ1v) is 12.6. The van der Waals surface area contributed by atoms with Crippen LogP contribution in [-0.2, 0) is 25.7 Å². The maximum absolute atomic E-state index is 14.5. The first kappa shape index (κ1) is 27.6. The maximum Gasteiger partial charge on any atom is 0.433 e. The number of rotatable bonds is 6. The van der Waals surface area contributed by atoms with Gasteiger partial charge in [-0.1, -0.05) is 6.07 Å². The van der Waals surface area contributed by atoms with E-state index in [-0.39, 0.29) is 28.6 Å². The van der Waals surface area contributed by atoms with Crippen molar-refractivity contribution in [2.75, 3.05) is 20.2 Å². The van der Waals surface area contributed by atoms with E-state index in [0.717, 1.165) is 40.8 Å². The van der Waals surface area contributed by atoms with Gasteiger partial charge in [-0.05, 0) is 37.3 Å². The second-order valence-corrected chi connectivity index (χ2v) is 10.7. The van der Waals surface area contributed by atoms with E-state index >= 15 is 0 Å². The molecule has 0 radical (unpaired) electrons. The third-order valence-electron chi connectivity index (χ3n) is 6.17. The maximum atomic E-state index is 14.5. The predicted molar refractivity (Wildman–Crippen MR) is 125 cm³/mol. The van der Waals surface area contributed by atoms with E-state index in [1.165, 1.54) is 20.1 Å². The number of aliphatic imine (C=N–C) groups is 2. The van der Waals surface area contributed by atoms with Gasteiger partial charge in [-0.25, -0.2) is 22.2 Å². The van der Waals surface area contributed by atoms with Crippen molar-refractivity contribution in [2.45, 2.75) is 42.3 Å². The molecule has 4 rings (SSSR count). The van der Waals surface area contributed by atoms with Gasteiger partial charge in [0, 0.05) is 24.7 Å². The lowest BCUT2D eigenvalue weighted by Crippen LogP contribution is -2.56. The Bertz CT molecular complexity index is 1380. The fourth-order valence-electron chi connectivity index (χ4n) is 4.22. The summed E-state index contributed by atoms with van der Waals surface area (Å²) in [5.74, 6) is -1.47. The molecule has 1 amide bonds. The molecule has 38 heavy (non-hydrogen) atoms. The van der Waals surface area contributed by atoms with Crippen molar-refractivity contribution < 1.29 is 39.9 Å². The molecule has 204 valence electrons. The summed E-state index contributed by atoms with van der Waals surface area (Å²) < 4.78 is 98.4. The van der Waals surface area contributed by atoms with Crippen molar-refractivity contribution in [3.63, 3.8) is 0 Å². The average Bonchev–Trinajstić information content (AvgIpc) is 3.43. The lowest BCUT2D eigenvalue weighted by Gasteiger charge is -2.32. The van der Waals surface area contributed by atoms with E-state index in [0.29, 0.717) is 0 Å². The van der Waals surface area contributed by atoms with Gasteiger partial charge in [0.2, 0.25) is 21.8 Å². The van der Waals surface area contributed by atoms with Crippen molar-refractivity contribution in [2.24, 2.45) is 9.98 Å². The lowest BCUT2D eigenvalue weighted by atomic mass is 9.98. The molecule has 3 heterocycles. The van der Waals surface area contributed by atoms with E-state index in [2.05, 4.69) is 20.3 Å². The number of aromatic nitrogens is 1. The molecule has 1 N–H and O–H groups in total. The number of alkyl halides is 4. The number of nitrogens with one attached hydrogen (secondary N) is 1. The van der Waals surface area contributed by atoms with Gasteiger partial charge in [-0.2, -0.15) is 17.5 Å². The minimum absolute atomic E-state index is 0.00549. The Morgan fingerprint density at radius 2 is 1.87 bits per heavy atom. The number of hydrogen-bond acceptors (Lipinski definition) is 7. The molecule has 2 aromatic rings. The van der Waals surface area contributed by atoms with E-state index in [1.807, 2.05) is 0 Å². The Kier molecular flexibility index (Phi) is 7.27. The number of amides is 1. The Hall–Kier alpha value is -3.46. The summed E-state index contributed by atoms with van der Waals surface area (Å²) >= 11 is 0. The van der Waals surface area contributed by atoms with Crippen LogP contribution in [0.2, 0.25) is 0 Å². The molecular formula is C23H22F5N5O4S. The van der Waals surface area contributed by atoms with Crippen LogP contribution in [0.4, 0.5) is 22.0 Å². The van der Waals surface area contributed by atoms with Gasteiger partial charge in [0.1, 0.15) is 28.9 Å². The molecule has 1 fully saturated rings. The summed E-state index contributed by atoms with van der Waals surface area (Å²) in [6, 6.07) is 5.90. The number of methoxy groups -OCH3 is 1. The summed E-state index contributed by atoms with van der Waals surface area (Å²) in [5.41, 5.74) is -2.51. The van der Waals surface area contributed by atoms with Crippen molar-refractivity contribution >= 4 is 27.5 Å². The largest absolute Gasteiger partial charge is 0.480 e. The monoisotopic (exact) mass is 559 g/mol. The number of hydrogen-bond donors (Lipinski definition) is 1. The zero-order chi connectivity index (χ0) is 27.9. The molecule has 0 aliphatic carbocycles. The first-order valence-electron chi connectivity index (χ1n) is 11.2. The number of sulfonamides is 1. The molecule has 1 saturated heterocycles. The predicted octanol–water partition coefficient (Wildman–Crippen LogP) is 3.05. The molecule has 1 unspecified atom stereocenters. The lowest BCUT2D eigenvalue weighted by molar-refractivity contribution is -0.141. The minimum atomic E-state index is -4.61. The molecule has 0 saturated carbocycles. The summed E-state index contributed by atoms with van der Waals surface area (Å²) in [7, 11) is -3.07. The Morgan fingerprint density at radius 1 is 1.18 bits per heavy atom. The number of benzene rings is 1. The summed E-state index contributed by atoms with van der Waals surface area (Å²) in [6.07, 6.45) is -6.65. The molecular weight excluding hydrogens is 537 g/mol. The molecule has 9 nitrogen and oxygen atoms in total. The highest BCUT2D eigenvalue weighted by atomic mass is 32.2. The van der Waals surface area contributed by atoms with Gasteiger partial charge < -0.3 is 10.1 Å². The smallest absolute Gasteiger partial charge is 0.433 e. The molecule has 3 atom stereocenters. The Labute approximate surface area is 214 Å².